The van der Waals surface area contributed by atoms with Crippen LogP contribution in [-0.2, 0) is 0 Å². The van der Waals surface area contributed by atoms with Crippen LogP contribution < -0.4 is 5.32 Å². The van der Waals surface area contributed by atoms with Crippen LogP contribution in [0.4, 0.5) is 0 Å². The van der Waals surface area contributed by atoms with E-state index >= 15 is 0 Å². The fourth-order valence-electron chi connectivity index (χ4n) is 1.39. The monoisotopic (exact) mass is 214 g/mol. The molecule has 0 fully saturated rings. The topological polar surface area (TPSA) is 35.8 Å². The lowest BCUT2D eigenvalue weighted by atomic mass is 10.1. The third-order valence-electron chi connectivity index (χ3n) is 2.70. The third-order valence-corrected chi connectivity index (χ3v) is 2.70. The highest BCUT2D eigenvalue weighted by atomic mass is 14.9. The summed E-state index contributed by atoms with van der Waals surface area (Å²) in [6.07, 6.45) is 1.01. The van der Waals surface area contributed by atoms with E-state index in [9.17, 15) is 0 Å². The molecular formula is C14H18N2. The first kappa shape index (κ1) is 12.5. The van der Waals surface area contributed by atoms with Crippen LogP contribution in [0.1, 0.15) is 37.4 Å². The molecule has 0 aliphatic rings. The van der Waals surface area contributed by atoms with Gasteiger partial charge in [0.1, 0.15) is 0 Å². The molecule has 0 aromatic heterocycles. The van der Waals surface area contributed by atoms with Crippen molar-refractivity contribution in [2.45, 2.75) is 26.3 Å². The first-order valence-electron chi connectivity index (χ1n) is 5.57. The minimum absolute atomic E-state index is 0.288. The summed E-state index contributed by atoms with van der Waals surface area (Å²) < 4.78 is 0. The normalized spacial score (nSPS) is 11.8. The molecule has 0 bridgehead atoms. The van der Waals surface area contributed by atoms with Gasteiger partial charge in [-0.15, -0.1) is 0 Å². The van der Waals surface area contributed by atoms with Crippen molar-refractivity contribution in [2.75, 3.05) is 6.54 Å². The van der Waals surface area contributed by atoms with Gasteiger partial charge in [-0.3, -0.25) is 0 Å². The number of hydrogen-bond donors (Lipinski definition) is 1. The van der Waals surface area contributed by atoms with Gasteiger partial charge in [0.15, 0.2) is 0 Å². The number of rotatable bonds is 5. The fraction of sp³-hybridized carbons (Fsp3) is 0.357. The van der Waals surface area contributed by atoms with Crippen molar-refractivity contribution < 1.29 is 0 Å². The average Bonchev–Trinajstić information content (AvgIpc) is 2.35. The quantitative estimate of drug-likeness (QED) is 0.764. The number of nitriles is 1. The summed E-state index contributed by atoms with van der Waals surface area (Å²) in [6, 6.07) is 10.1. The van der Waals surface area contributed by atoms with Gasteiger partial charge in [0.05, 0.1) is 11.6 Å². The summed E-state index contributed by atoms with van der Waals surface area (Å²) in [5.74, 6) is 0. The predicted molar refractivity (Wildman–Crippen MR) is 67.0 cm³/mol. The second-order valence-electron chi connectivity index (χ2n) is 3.94. The Morgan fingerprint density at radius 3 is 2.56 bits per heavy atom. The molecule has 0 aliphatic carbocycles. The predicted octanol–water partition coefficient (Wildman–Crippen LogP) is 3.18. The molecule has 1 rings (SSSR count). The van der Waals surface area contributed by atoms with Crippen LogP contribution in [0.15, 0.2) is 36.4 Å². The van der Waals surface area contributed by atoms with Crippen LogP contribution in [-0.4, -0.2) is 6.54 Å². The maximum Gasteiger partial charge on any atom is 0.0991 e. The van der Waals surface area contributed by atoms with Crippen LogP contribution in [0.25, 0.3) is 0 Å². The van der Waals surface area contributed by atoms with Crippen molar-refractivity contribution in [1.82, 2.24) is 5.32 Å². The average molecular weight is 214 g/mol. The Hall–Kier alpha value is -1.59. The van der Waals surface area contributed by atoms with Gasteiger partial charge in [-0.05, 0) is 31.0 Å². The highest BCUT2D eigenvalue weighted by Gasteiger charge is 2.04. The van der Waals surface area contributed by atoms with E-state index in [0.717, 1.165) is 13.0 Å². The second-order valence-corrected chi connectivity index (χ2v) is 3.94. The van der Waals surface area contributed by atoms with E-state index in [0.29, 0.717) is 5.56 Å². The van der Waals surface area contributed by atoms with Crippen molar-refractivity contribution in [2.24, 2.45) is 0 Å². The minimum Gasteiger partial charge on any atom is -0.306 e. The SMILES string of the molecule is C=C(CC)CNC(C)c1ccc(C#N)cc1. The first-order chi connectivity index (χ1) is 7.67. The standard InChI is InChI=1S/C14H18N2/c1-4-11(2)10-16-12(3)14-7-5-13(9-15)6-8-14/h5-8,12,16H,2,4,10H2,1,3H3. The van der Waals surface area contributed by atoms with Gasteiger partial charge in [0.25, 0.3) is 0 Å². The zero-order chi connectivity index (χ0) is 12.0. The molecule has 16 heavy (non-hydrogen) atoms. The molecule has 1 unspecified atom stereocenters. The Labute approximate surface area is 97.6 Å². The van der Waals surface area contributed by atoms with Crippen LogP contribution >= 0.6 is 0 Å². The van der Waals surface area contributed by atoms with Crippen molar-refractivity contribution in [3.63, 3.8) is 0 Å². The molecule has 0 aliphatic heterocycles. The van der Waals surface area contributed by atoms with Crippen molar-refractivity contribution in [3.05, 3.63) is 47.5 Å². The van der Waals surface area contributed by atoms with Gasteiger partial charge in [-0.25, -0.2) is 0 Å². The number of nitrogens with zero attached hydrogens (tertiary/aromatic N) is 1. The van der Waals surface area contributed by atoms with Gasteiger partial charge in [0.2, 0.25) is 0 Å². The lowest BCUT2D eigenvalue weighted by Gasteiger charge is -2.14. The molecule has 2 nitrogen and oxygen atoms in total. The lowest BCUT2D eigenvalue weighted by molar-refractivity contribution is 0.602. The van der Waals surface area contributed by atoms with Gasteiger partial charge in [-0.2, -0.15) is 5.26 Å². The van der Waals surface area contributed by atoms with Crippen molar-refractivity contribution in [1.29, 1.82) is 5.26 Å². The Balaban J connectivity index is 2.56. The van der Waals surface area contributed by atoms with Crippen molar-refractivity contribution >= 4 is 0 Å². The molecule has 0 radical (unpaired) electrons. The number of nitrogens with one attached hydrogen (secondary N) is 1. The number of hydrogen-bond acceptors (Lipinski definition) is 2. The molecule has 1 atom stereocenters. The summed E-state index contributed by atoms with van der Waals surface area (Å²) in [5, 5.41) is 12.1. The Kier molecular flexibility index (Phi) is 4.75. The van der Waals surface area contributed by atoms with E-state index in [1.165, 1.54) is 11.1 Å². The summed E-state index contributed by atoms with van der Waals surface area (Å²) in [4.78, 5) is 0. The smallest absolute Gasteiger partial charge is 0.0991 e. The molecule has 0 saturated carbocycles. The molecule has 0 spiro atoms. The molecule has 2 heteroatoms. The molecule has 1 N–H and O–H groups in total. The van der Waals surface area contributed by atoms with Crippen LogP contribution in [0, 0.1) is 11.3 Å². The molecule has 84 valence electrons. The Bertz CT molecular complexity index is 384. The largest absolute Gasteiger partial charge is 0.306 e. The summed E-state index contributed by atoms with van der Waals surface area (Å²) in [7, 11) is 0. The van der Waals surface area contributed by atoms with Crippen LogP contribution in [0.2, 0.25) is 0 Å². The number of benzene rings is 1. The molecule has 0 heterocycles. The van der Waals surface area contributed by atoms with Gasteiger partial charge in [0, 0.05) is 12.6 Å². The fourth-order valence-corrected chi connectivity index (χ4v) is 1.39. The van der Waals surface area contributed by atoms with E-state index in [1.54, 1.807) is 0 Å². The van der Waals surface area contributed by atoms with Gasteiger partial charge in [-0.1, -0.05) is 31.2 Å². The van der Waals surface area contributed by atoms with Crippen molar-refractivity contribution in [3.8, 4) is 6.07 Å². The van der Waals surface area contributed by atoms with E-state index in [4.69, 9.17) is 5.26 Å². The molecular weight excluding hydrogens is 196 g/mol. The molecule has 0 saturated heterocycles. The maximum absolute atomic E-state index is 8.70. The Morgan fingerprint density at radius 1 is 1.44 bits per heavy atom. The maximum atomic E-state index is 8.70. The van der Waals surface area contributed by atoms with E-state index in [1.807, 2.05) is 24.3 Å². The first-order valence-corrected chi connectivity index (χ1v) is 5.57. The highest BCUT2D eigenvalue weighted by molar-refractivity contribution is 5.32. The molecule has 1 aromatic carbocycles. The highest BCUT2D eigenvalue weighted by Crippen LogP contribution is 2.13. The zero-order valence-corrected chi connectivity index (χ0v) is 9.96. The molecule has 1 aromatic rings. The van der Waals surface area contributed by atoms with E-state index < -0.39 is 0 Å². The van der Waals surface area contributed by atoms with Gasteiger partial charge < -0.3 is 5.32 Å². The van der Waals surface area contributed by atoms with E-state index in [2.05, 4.69) is 31.8 Å². The Morgan fingerprint density at radius 2 is 2.06 bits per heavy atom. The van der Waals surface area contributed by atoms with E-state index in [-0.39, 0.29) is 6.04 Å². The third kappa shape index (κ3) is 3.52. The lowest BCUT2D eigenvalue weighted by Crippen LogP contribution is -2.20. The minimum atomic E-state index is 0.288. The van der Waals surface area contributed by atoms with Crippen LogP contribution in [0.3, 0.4) is 0 Å². The second kappa shape index (κ2) is 6.09. The summed E-state index contributed by atoms with van der Waals surface area (Å²) >= 11 is 0. The summed E-state index contributed by atoms with van der Waals surface area (Å²) in [5.41, 5.74) is 3.11. The zero-order valence-electron chi connectivity index (χ0n) is 9.96. The van der Waals surface area contributed by atoms with Crippen LogP contribution in [0.5, 0.6) is 0 Å². The summed E-state index contributed by atoms with van der Waals surface area (Å²) in [6.45, 7) is 9.03. The molecule has 0 amide bonds. The van der Waals surface area contributed by atoms with Gasteiger partial charge >= 0.3 is 0 Å².